The van der Waals surface area contributed by atoms with Gasteiger partial charge in [-0.05, 0) is 45.8 Å². The highest BCUT2D eigenvalue weighted by molar-refractivity contribution is 4.71. The molecule has 0 spiro atoms. The van der Waals surface area contributed by atoms with Gasteiger partial charge in [-0.2, -0.15) is 0 Å². The summed E-state index contributed by atoms with van der Waals surface area (Å²) in [5, 5.41) is 3.56. The number of likely N-dealkylation sites (N-methyl/N-ethyl adjacent to an activating group) is 1. The molecule has 1 atom stereocenters. The van der Waals surface area contributed by atoms with Gasteiger partial charge in [-0.15, -0.1) is 0 Å². The van der Waals surface area contributed by atoms with E-state index in [1.807, 2.05) is 0 Å². The summed E-state index contributed by atoms with van der Waals surface area (Å²) in [7, 11) is 0. The topological polar surface area (TPSA) is 18.5 Å². The van der Waals surface area contributed by atoms with Crippen LogP contribution in [0.5, 0.6) is 0 Å². The molecule has 1 unspecified atom stereocenters. The minimum atomic E-state index is 0.696. The molecule has 3 heteroatoms. The molecule has 0 radical (unpaired) electrons. The lowest BCUT2D eigenvalue weighted by Gasteiger charge is -2.34. The Balaban J connectivity index is 1.95. The van der Waals surface area contributed by atoms with Crippen LogP contribution in [0.15, 0.2) is 0 Å². The Morgan fingerprint density at radius 3 is 2.28 bits per heavy atom. The molecule has 1 heterocycles. The van der Waals surface area contributed by atoms with E-state index in [9.17, 15) is 0 Å². The second kappa shape index (κ2) is 9.76. The third-order valence-corrected chi connectivity index (χ3v) is 4.02. The molecule has 0 saturated carbocycles. The van der Waals surface area contributed by atoms with Crippen molar-refractivity contribution in [1.29, 1.82) is 0 Å². The monoisotopic (exact) mass is 255 g/mol. The highest BCUT2D eigenvalue weighted by Crippen LogP contribution is 2.06. The first-order valence-electron chi connectivity index (χ1n) is 7.94. The van der Waals surface area contributed by atoms with E-state index in [0.29, 0.717) is 6.04 Å². The summed E-state index contributed by atoms with van der Waals surface area (Å²) in [6, 6.07) is 0.696. The molecule has 1 rings (SSSR count). The summed E-state index contributed by atoms with van der Waals surface area (Å²) in [6.45, 7) is 15.6. The Labute approximate surface area is 114 Å². The lowest BCUT2D eigenvalue weighted by atomic mass is 10.1. The fourth-order valence-electron chi connectivity index (χ4n) is 2.61. The molecule has 1 aliphatic rings. The first-order chi connectivity index (χ1) is 8.76. The first-order valence-corrected chi connectivity index (χ1v) is 7.94. The predicted molar refractivity (Wildman–Crippen MR) is 80.2 cm³/mol. The fraction of sp³-hybridized carbons (Fsp3) is 1.00. The first kappa shape index (κ1) is 15.9. The summed E-state index contributed by atoms with van der Waals surface area (Å²) in [5.41, 5.74) is 0. The summed E-state index contributed by atoms with van der Waals surface area (Å²) in [4.78, 5) is 5.18. The Kier molecular flexibility index (Phi) is 8.64. The Morgan fingerprint density at radius 1 is 1.00 bits per heavy atom. The summed E-state index contributed by atoms with van der Waals surface area (Å²) >= 11 is 0. The van der Waals surface area contributed by atoms with Gasteiger partial charge in [0.05, 0.1) is 0 Å². The van der Waals surface area contributed by atoms with Crippen LogP contribution in [0.1, 0.15) is 46.5 Å². The molecule has 1 saturated heterocycles. The fourth-order valence-corrected chi connectivity index (χ4v) is 2.61. The molecule has 18 heavy (non-hydrogen) atoms. The molecule has 108 valence electrons. The number of hydrogen-bond donors (Lipinski definition) is 1. The third kappa shape index (κ3) is 6.72. The van der Waals surface area contributed by atoms with Crippen molar-refractivity contribution in [3.8, 4) is 0 Å². The van der Waals surface area contributed by atoms with Gasteiger partial charge in [-0.1, -0.05) is 20.3 Å². The number of piperazine rings is 1. The van der Waals surface area contributed by atoms with Gasteiger partial charge in [0.25, 0.3) is 0 Å². The van der Waals surface area contributed by atoms with Crippen LogP contribution in [0, 0.1) is 0 Å². The largest absolute Gasteiger partial charge is 0.314 e. The minimum Gasteiger partial charge on any atom is -0.314 e. The number of nitrogens with zero attached hydrogens (tertiary/aromatic N) is 2. The van der Waals surface area contributed by atoms with Crippen LogP contribution in [0.2, 0.25) is 0 Å². The molecule has 0 aromatic heterocycles. The van der Waals surface area contributed by atoms with Gasteiger partial charge in [-0.25, -0.2) is 0 Å². The second-order valence-electron chi connectivity index (χ2n) is 5.63. The van der Waals surface area contributed by atoms with Crippen molar-refractivity contribution in [2.75, 3.05) is 45.8 Å². The van der Waals surface area contributed by atoms with Crippen molar-refractivity contribution >= 4 is 0 Å². The maximum atomic E-state index is 3.56. The summed E-state index contributed by atoms with van der Waals surface area (Å²) in [6.07, 6.45) is 5.30. The summed E-state index contributed by atoms with van der Waals surface area (Å²) in [5.74, 6) is 0. The normalized spacial score (nSPS) is 20.2. The van der Waals surface area contributed by atoms with E-state index in [1.54, 1.807) is 0 Å². The number of hydrogen-bond acceptors (Lipinski definition) is 3. The zero-order valence-corrected chi connectivity index (χ0v) is 12.7. The van der Waals surface area contributed by atoms with E-state index in [1.165, 1.54) is 71.5 Å². The van der Waals surface area contributed by atoms with Crippen molar-refractivity contribution in [1.82, 2.24) is 15.1 Å². The van der Waals surface area contributed by atoms with Crippen LogP contribution < -0.4 is 5.32 Å². The highest BCUT2D eigenvalue weighted by Gasteiger charge is 2.14. The van der Waals surface area contributed by atoms with Crippen molar-refractivity contribution in [2.45, 2.75) is 52.5 Å². The van der Waals surface area contributed by atoms with Crippen LogP contribution in [0.25, 0.3) is 0 Å². The Hall–Kier alpha value is -0.120. The molecule has 0 aromatic carbocycles. The molecule has 1 aliphatic heterocycles. The maximum absolute atomic E-state index is 3.56. The molecule has 0 aromatic rings. The van der Waals surface area contributed by atoms with Gasteiger partial charge in [-0.3, -0.25) is 0 Å². The molecular formula is C15H33N3. The van der Waals surface area contributed by atoms with Crippen molar-refractivity contribution < 1.29 is 0 Å². The van der Waals surface area contributed by atoms with Crippen LogP contribution in [0.3, 0.4) is 0 Å². The quantitative estimate of drug-likeness (QED) is 0.637. The van der Waals surface area contributed by atoms with Gasteiger partial charge >= 0.3 is 0 Å². The van der Waals surface area contributed by atoms with Crippen molar-refractivity contribution in [3.05, 3.63) is 0 Å². The molecule has 1 fully saturated rings. The van der Waals surface area contributed by atoms with Gasteiger partial charge in [0, 0.05) is 32.2 Å². The van der Waals surface area contributed by atoms with E-state index in [0.717, 1.165) is 0 Å². The van der Waals surface area contributed by atoms with Crippen LogP contribution in [-0.4, -0.2) is 61.7 Å². The van der Waals surface area contributed by atoms with E-state index in [2.05, 4.69) is 35.9 Å². The zero-order valence-electron chi connectivity index (χ0n) is 12.7. The molecule has 0 amide bonds. The molecule has 1 N–H and O–H groups in total. The highest BCUT2D eigenvalue weighted by atomic mass is 15.3. The zero-order chi connectivity index (χ0) is 13.2. The maximum Gasteiger partial charge on any atom is 0.0110 e. The number of unbranched alkanes of at least 4 members (excludes halogenated alkanes) is 1. The van der Waals surface area contributed by atoms with Crippen molar-refractivity contribution in [3.63, 3.8) is 0 Å². The SMILES string of the molecule is CCCNC(C)CCCCN1CCN(CC)CC1. The molecule has 3 nitrogen and oxygen atoms in total. The molecule has 0 aliphatic carbocycles. The minimum absolute atomic E-state index is 0.696. The van der Waals surface area contributed by atoms with E-state index in [-0.39, 0.29) is 0 Å². The van der Waals surface area contributed by atoms with Gasteiger partial charge in [0.1, 0.15) is 0 Å². The number of rotatable bonds is 9. The molecular weight excluding hydrogens is 222 g/mol. The number of nitrogens with one attached hydrogen (secondary N) is 1. The standard InChI is InChI=1S/C15H33N3/c1-4-9-16-15(3)8-6-7-10-18-13-11-17(5-2)12-14-18/h15-16H,4-14H2,1-3H3. The predicted octanol–water partition coefficient (Wildman–Crippen LogP) is 2.18. The van der Waals surface area contributed by atoms with Crippen LogP contribution >= 0.6 is 0 Å². The lowest BCUT2D eigenvalue weighted by Crippen LogP contribution is -2.46. The van der Waals surface area contributed by atoms with E-state index in [4.69, 9.17) is 0 Å². The van der Waals surface area contributed by atoms with Crippen LogP contribution in [0.4, 0.5) is 0 Å². The van der Waals surface area contributed by atoms with Crippen molar-refractivity contribution in [2.24, 2.45) is 0 Å². The third-order valence-electron chi connectivity index (χ3n) is 4.02. The smallest absolute Gasteiger partial charge is 0.0110 e. The van der Waals surface area contributed by atoms with E-state index >= 15 is 0 Å². The average Bonchev–Trinajstić information content (AvgIpc) is 2.42. The Morgan fingerprint density at radius 2 is 1.67 bits per heavy atom. The van der Waals surface area contributed by atoms with Gasteiger partial charge in [0.2, 0.25) is 0 Å². The van der Waals surface area contributed by atoms with Gasteiger partial charge in [0.15, 0.2) is 0 Å². The van der Waals surface area contributed by atoms with Crippen LogP contribution in [-0.2, 0) is 0 Å². The average molecular weight is 255 g/mol. The second-order valence-corrected chi connectivity index (χ2v) is 5.63. The Bertz CT molecular complexity index is 188. The lowest BCUT2D eigenvalue weighted by molar-refractivity contribution is 0.135. The van der Waals surface area contributed by atoms with E-state index < -0.39 is 0 Å². The summed E-state index contributed by atoms with van der Waals surface area (Å²) < 4.78 is 0. The van der Waals surface area contributed by atoms with Gasteiger partial charge < -0.3 is 15.1 Å². The molecule has 0 bridgehead atoms.